The van der Waals surface area contributed by atoms with Crippen LogP contribution in [0.3, 0.4) is 0 Å². The molecule has 0 radical (unpaired) electrons. The number of anilines is 1. The molecule has 1 aromatic rings. The highest BCUT2D eigenvalue weighted by Gasteiger charge is 2.27. The summed E-state index contributed by atoms with van der Waals surface area (Å²) in [6.07, 6.45) is 2.06. The summed E-state index contributed by atoms with van der Waals surface area (Å²) in [5, 5.41) is 2.66. The summed E-state index contributed by atoms with van der Waals surface area (Å²) in [6, 6.07) is 7.30. The van der Waals surface area contributed by atoms with Gasteiger partial charge in [-0.25, -0.2) is 0 Å². The molecule has 1 aliphatic heterocycles. The molecule has 2 rings (SSSR count). The fraction of sp³-hybridized carbons (Fsp3) is 0.467. The van der Waals surface area contributed by atoms with Crippen molar-refractivity contribution in [3.8, 4) is 0 Å². The minimum Gasteiger partial charge on any atom is -0.343 e. The van der Waals surface area contributed by atoms with Crippen molar-refractivity contribution in [3.63, 3.8) is 0 Å². The largest absolute Gasteiger partial charge is 0.343 e. The monoisotopic (exact) mass is 260 g/mol. The number of carbonyl (C=O) groups excluding carboxylic acids is 2. The molecule has 102 valence electrons. The van der Waals surface area contributed by atoms with Crippen molar-refractivity contribution in [3.05, 3.63) is 29.8 Å². The lowest BCUT2D eigenvalue weighted by Crippen LogP contribution is -2.39. The molecule has 4 heteroatoms. The summed E-state index contributed by atoms with van der Waals surface area (Å²) in [5.74, 6) is 0.256. The highest BCUT2D eigenvalue weighted by Crippen LogP contribution is 2.24. The number of para-hydroxylation sites is 1. The van der Waals surface area contributed by atoms with Gasteiger partial charge in [0.2, 0.25) is 5.91 Å². The molecule has 1 aliphatic rings. The Morgan fingerprint density at radius 3 is 2.58 bits per heavy atom. The predicted molar refractivity (Wildman–Crippen MR) is 75.2 cm³/mol. The van der Waals surface area contributed by atoms with E-state index >= 15 is 0 Å². The Balaban J connectivity index is 2.37. The van der Waals surface area contributed by atoms with Crippen LogP contribution in [0.25, 0.3) is 0 Å². The quantitative estimate of drug-likeness (QED) is 0.902. The molecule has 0 unspecified atom stereocenters. The van der Waals surface area contributed by atoms with Gasteiger partial charge >= 0.3 is 0 Å². The van der Waals surface area contributed by atoms with Crippen molar-refractivity contribution < 1.29 is 9.59 Å². The van der Waals surface area contributed by atoms with Crippen LogP contribution in [0.5, 0.6) is 0 Å². The maximum absolute atomic E-state index is 12.2. The van der Waals surface area contributed by atoms with E-state index in [1.54, 1.807) is 11.0 Å². The molecule has 0 aromatic heterocycles. The average Bonchev–Trinajstić information content (AvgIpc) is 2.56. The maximum Gasteiger partial charge on any atom is 0.253 e. The lowest BCUT2D eigenvalue weighted by atomic mass is 10.0. The molecule has 19 heavy (non-hydrogen) atoms. The Bertz CT molecular complexity index is 481. The second kappa shape index (κ2) is 5.87. The Hall–Kier alpha value is -1.84. The van der Waals surface area contributed by atoms with E-state index in [4.69, 9.17) is 0 Å². The summed E-state index contributed by atoms with van der Waals surface area (Å²) in [4.78, 5) is 25.9. The number of hydrogen-bond acceptors (Lipinski definition) is 2. The van der Waals surface area contributed by atoms with Gasteiger partial charge in [0.05, 0.1) is 17.8 Å². The van der Waals surface area contributed by atoms with Crippen molar-refractivity contribution in [2.45, 2.75) is 26.7 Å². The highest BCUT2D eigenvalue weighted by atomic mass is 16.2. The predicted octanol–water partition coefficient (Wildman–Crippen LogP) is 2.20. The molecular weight excluding hydrogens is 240 g/mol. The molecule has 1 heterocycles. The molecule has 2 amide bonds. The summed E-state index contributed by atoms with van der Waals surface area (Å²) in [5.41, 5.74) is 1.31. The first-order valence-corrected chi connectivity index (χ1v) is 6.85. The van der Waals surface area contributed by atoms with Crippen molar-refractivity contribution in [1.29, 1.82) is 0 Å². The number of benzene rings is 1. The molecule has 0 aliphatic carbocycles. The van der Waals surface area contributed by atoms with Crippen LogP contribution in [0.15, 0.2) is 24.3 Å². The Morgan fingerprint density at radius 2 is 1.89 bits per heavy atom. The molecule has 0 saturated carbocycles. The topological polar surface area (TPSA) is 49.4 Å². The lowest BCUT2D eigenvalue weighted by molar-refractivity contribution is -0.117. The second-order valence-corrected chi connectivity index (χ2v) is 4.89. The molecule has 0 fully saturated rings. The Kier molecular flexibility index (Phi) is 4.20. The van der Waals surface area contributed by atoms with Gasteiger partial charge in [0.25, 0.3) is 5.91 Å². The zero-order valence-corrected chi connectivity index (χ0v) is 11.5. The molecular formula is C15H20N2O2. The van der Waals surface area contributed by atoms with Crippen molar-refractivity contribution >= 4 is 17.5 Å². The Morgan fingerprint density at radius 1 is 1.21 bits per heavy atom. The van der Waals surface area contributed by atoms with E-state index in [0.29, 0.717) is 18.0 Å². The SMILES string of the molecule is CCC(CC)CN1C(=O)CNC(=O)c2ccccc21. The summed E-state index contributed by atoms with van der Waals surface area (Å²) in [6.45, 7) is 5.02. The normalized spacial score (nSPS) is 15.2. The van der Waals surface area contributed by atoms with E-state index in [0.717, 1.165) is 18.5 Å². The van der Waals surface area contributed by atoms with Gasteiger partial charge in [0.1, 0.15) is 0 Å². The van der Waals surface area contributed by atoms with E-state index in [-0.39, 0.29) is 18.4 Å². The fourth-order valence-corrected chi connectivity index (χ4v) is 2.39. The van der Waals surface area contributed by atoms with Gasteiger partial charge < -0.3 is 10.2 Å². The first-order chi connectivity index (χ1) is 9.17. The van der Waals surface area contributed by atoms with Crippen LogP contribution >= 0.6 is 0 Å². The van der Waals surface area contributed by atoms with Crippen molar-refractivity contribution in [2.24, 2.45) is 5.92 Å². The first-order valence-electron chi connectivity index (χ1n) is 6.85. The zero-order chi connectivity index (χ0) is 13.8. The van der Waals surface area contributed by atoms with E-state index in [2.05, 4.69) is 19.2 Å². The number of hydrogen-bond donors (Lipinski definition) is 1. The summed E-state index contributed by atoms with van der Waals surface area (Å²) >= 11 is 0. The van der Waals surface area contributed by atoms with Crippen LogP contribution in [0.4, 0.5) is 5.69 Å². The van der Waals surface area contributed by atoms with Gasteiger partial charge in [0.15, 0.2) is 0 Å². The van der Waals surface area contributed by atoms with Gasteiger partial charge in [-0.2, -0.15) is 0 Å². The number of amides is 2. The van der Waals surface area contributed by atoms with Gasteiger partial charge in [-0.3, -0.25) is 9.59 Å². The van der Waals surface area contributed by atoms with Crippen LogP contribution in [0.2, 0.25) is 0 Å². The Labute approximate surface area is 113 Å². The van der Waals surface area contributed by atoms with E-state index in [1.165, 1.54) is 0 Å². The van der Waals surface area contributed by atoms with Crippen LogP contribution < -0.4 is 10.2 Å². The first kappa shape index (κ1) is 13.6. The second-order valence-electron chi connectivity index (χ2n) is 4.89. The standard InChI is InChI=1S/C15H20N2O2/c1-3-11(4-2)10-17-13-8-6-5-7-12(13)15(19)16-9-14(17)18/h5-8,11H,3-4,9-10H2,1-2H3,(H,16,19). The van der Waals surface area contributed by atoms with Crippen LogP contribution in [-0.4, -0.2) is 24.9 Å². The highest BCUT2D eigenvalue weighted by molar-refractivity contribution is 6.09. The number of rotatable bonds is 4. The molecule has 0 spiro atoms. The van der Waals surface area contributed by atoms with Crippen LogP contribution in [0.1, 0.15) is 37.0 Å². The third-order valence-corrected chi connectivity index (χ3v) is 3.74. The van der Waals surface area contributed by atoms with Crippen LogP contribution in [-0.2, 0) is 4.79 Å². The fourth-order valence-electron chi connectivity index (χ4n) is 2.39. The lowest BCUT2D eigenvalue weighted by Gasteiger charge is -2.26. The van der Waals surface area contributed by atoms with Crippen molar-refractivity contribution in [1.82, 2.24) is 5.32 Å². The minimum absolute atomic E-state index is 0.0369. The smallest absolute Gasteiger partial charge is 0.253 e. The third-order valence-electron chi connectivity index (χ3n) is 3.74. The summed E-state index contributed by atoms with van der Waals surface area (Å²) < 4.78 is 0. The zero-order valence-electron chi connectivity index (χ0n) is 11.5. The van der Waals surface area contributed by atoms with E-state index in [9.17, 15) is 9.59 Å². The maximum atomic E-state index is 12.2. The molecule has 0 saturated heterocycles. The number of fused-ring (bicyclic) bond motifs is 1. The van der Waals surface area contributed by atoms with E-state index < -0.39 is 0 Å². The van der Waals surface area contributed by atoms with Gasteiger partial charge in [-0.05, 0) is 18.1 Å². The molecule has 4 nitrogen and oxygen atoms in total. The van der Waals surface area contributed by atoms with Gasteiger partial charge in [0, 0.05) is 6.54 Å². The number of nitrogens with zero attached hydrogens (tertiary/aromatic N) is 1. The number of carbonyl (C=O) groups is 2. The minimum atomic E-state index is -0.170. The van der Waals surface area contributed by atoms with Crippen molar-refractivity contribution in [2.75, 3.05) is 18.0 Å². The van der Waals surface area contributed by atoms with E-state index in [1.807, 2.05) is 18.2 Å². The summed E-state index contributed by atoms with van der Waals surface area (Å²) in [7, 11) is 0. The van der Waals surface area contributed by atoms with Crippen LogP contribution in [0, 0.1) is 5.92 Å². The molecule has 0 atom stereocenters. The van der Waals surface area contributed by atoms with Gasteiger partial charge in [-0.1, -0.05) is 38.8 Å². The molecule has 1 N–H and O–H groups in total. The number of nitrogens with one attached hydrogen (secondary N) is 1. The molecule has 0 bridgehead atoms. The molecule has 1 aromatic carbocycles. The van der Waals surface area contributed by atoms with Gasteiger partial charge in [-0.15, -0.1) is 0 Å². The third kappa shape index (κ3) is 2.78. The average molecular weight is 260 g/mol.